The molecule has 1 heterocycles. The van der Waals surface area contributed by atoms with E-state index >= 15 is 0 Å². The predicted molar refractivity (Wildman–Crippen MR) is 69.7 cm³/mol. The van der Waals surface area contributed by atoms with E-state index in [-0.39, 0.29) is 6.04 Å². The van der Waals surface area contributed by atoms with Crippen LogP contribution in [0.1, 0.15) is 13.8 Å². The van der Waals surface area contributed by atoms with Crippen LogP contribution in [0.4, 0.5) is 0 Å². The standard InChI is InChI=1S/C12H28N4/c1-11(13)12(2)16-9-7-15(8-10-16)6-5-14(3)4/h11-12H,5-10,13H2,1-4H3. The molecular formula is C12H28N4. The van der Waals surface area contributed by atoms with Gasteiger partial charge < -0.3 is 10.6 Å². The first-order valence-electron chi connectivity index (χ1n) is 6.37. The molecule has 1 fully saturated rings. The molecule has 16 heavy (non-hydrogen) atoms. The van der Waals surface area contributed by atoms with Gasteiger partial charge >= 0.3 is 0 Å². The molecule has 4 nitrogen and oxygen atoms in total. The fourth-order valence-corrected chi connectivity index (χ4v) is 2.07. The lowest BCUT2D eigenvalue weighted by molar-refractivity contribution is 0.0901. The van der Waals surface area contributed by atoms with Gasteiger partial charge in [0.25, 0.3) is 0 Å². The number of nitrogens with zero attached hydrogens (tertiary/aromatic N) is 3. The molecule has 0 aromatic rings. The molecule has 2 atom stereocenters. The van der Waals surface area contributed by atoms with Crippen LogP contribution in [0.15, 0.2) is 0 Å². The van der Waals surface area contributed by atoms with Crippen molar-refractivity contribution in [3.05, 3.63) is 0 Å². The summed E-state index contributed by atoms with van der Waals surface area (Å²) in [5.41, 5.74) is 5.94. The Balaban J connectivity index is 2.23. The third-order valence-electron chi connectivity index (χ3n) is 3.61. The Morgan fingerprint density at radius 3 is 2.12 bits per heavy atom. The number of rotatable bonds is 5. The van der Waals surface area contributed by atoms with Crippen LogP contribution in [0, 0.1) is 0 Å². The van der Waals surface area contributed by atoms with Crippen molar-refractivity contribution >= 4 is 0 Å². The van der Waals surface area contributed by atoms with Gasteiger partial charge in [0, 0.05) is 51.4 Å². The maximum absolute atomic E-state index is 5.94. The molecule has 0 aliphatic carbocycles. The van der Waals surface area contributed by atoms with E-state index in [1.54, 1.807) is 0 Å². The molecule has 1 aliphatic heterocycles. The van der Waals surface area contributed by atoms with E-state index in [1.165, 1.54) is 19.6 Å². The highest BCUT2D eigenvalue weighted by Gasteiger charge is 2.22. The third-order valence-corrected chi connectivity index (χ3v) is 3.61. The second-order valence-electron chi connectivity index (χ2n) is 5.28. The normalized spacial score (nSPS) is 23.6. The third kappa shape index (κ3) is 4.37. The van der Waals surface area contributed by atoms with E-state index in [4.69, 9.17) is 5.73 Å². The predicted octanol–water partition coefficient (Wildman–Crippen LogP) is -0.0987. The largest absolute Gasteiger partial charge is 0.327 e. The van der Waals surface area contributed by atoms with Gasteiger partial charge in [0.1, 0.15) is 0 Å². The summed E-state index contributed by atoms with van der Waals surface area (Å²) >= 11 is 0. The molecule has 0 aromatic heterocycles. The Bertz CT molecular complexity index is 185. The van der Waals surface area contributed by atoms with Crippen molar-refractivity contribution in [1.29, 1.82) is 0 Å². The Hall–Kier alpha value is -0.160. The van der Waals surface area contributed by atoms with Gasteiger partial charge in [-0.05, 0) is 27.9 Å². The molecule has 0 spiro atoms. The molecule has 4 heteroatoms. The van der Waals surface area contributed by atoms with Crippen molar-refractivity contribution in [2.24, 2.45) is 5.73 Å². The fraction of sp³-hybridized carbons (Fsp3) is 1.00. The highest BCUT2D eigenvalue weighted by Crippen LogP contribution is 2.08. The lowest BCUT2D eigenvalue weighted by atomic mass is 10.1. The quantitative estimate of drug-likeness (QED) is 0.713. The van der Waals surface area contributed by atoms with E-state index in [1.807, 2.05) is 0 Å². The van der Waals surface area contributed by atoms with Gasteiger partial charge in [0.2, 0.25) is 0 Å². The van der Waals surface area contributed by atoms with Gasteiger partial charge in [-0.2, -0.15) is 0 Å². The van der Waals surface area contributed by atoms with Crippen LogP contribution in [0.2, 0.25) is 0 Å². The topological polar surface area (TPSA) is 35.7 Å². The summed E-state index contributed by atoms with van der Waals surface area (Å²) in [5, 5.41) is 0. The van der Waals surface area contributed by atoms with E-state index in [0.717, 1.165) is 19.6 Å². The number of piperazine rings is 1. The van der Waals surface area contributed by atoms with Crippen LogP contribution in [-0.4, -0.2) is 80.1 Å². The first-order chi connectivity index (χ1) is 7.50. The van der Waals surface area contributed by atoms with Gasteiger partial charge in [0.05, 0.1) is 0 Å². The average Bonchev–Trinajstić information content (AvgIpc) is 2.26. The first-order valence-corrected chi connectivity index (χ1v) is 6.37. The van der Waals surface area contributed by atoms with Crippen molar-refractivity contribution in [2.75, 3.05) is 53.4 Å². The summed E-state index contributed by atoms with van der Waals surface area (Å²) in [4.78, 5) is 7.30. The number of nitrogens with two attached hydrogens (primary N) is 1. The molecular weight excluding hydrogens is 200 g/mol. The maximum Gasteiger partial charge on any atom is 0.0217 e. The molecule has 96 valence electrons. The molecule has 0 amide bonds. The van der Waals surface area contributed by atoms with Crippen molar-refractivity contribution in [2.45, 2.75) is 25.9 Å². The molecule has 2 unspecified atom stereocenters. The Morgan fingerprint density at radius 2 is 1.69 bits per heavy atom. The van der Waals surface area contributed by atoms with E-state index in [2.05, 4.69) is 42.6 Å². The van der Waals surface area contributed by atoms with Crippen molar-refractivity contribution in [3.8, 4) is 0 Å². The SMILES string of the molecule is CC(N)C(C)N1CCN(CCN(C)C)CC1. The van der Waals surface area contributed by atoms with Gasteiger partial charge in [-0.15, -0.1) is 0 Å². The van der Waals surface area contributed by atoms with Crippen LogP contribution >= 0.6 is 0 Å². The average molecular weight is 228 g/mol. The van der Waals surface area contributed by atoms with Crippen LogP contribution in [0.25, 0.3) is 0 Å². The lowest BCUT2D eigenvalue weighted by Gasteiger charge is -2.39. The van der Waals surface area contributed by atoms with E-state index in [9.17, 15) is 0 Å². The molecule has 2 N–H and O–H groups in total. The molecule has 0 radical (unpaired) electrons. The minimum Gasteiger partial charge on any atom is -0.327 e. The summed E-state index contributed by atoms with van der Waals surface area (Å²) < 4.78 is 0. The van der Waals surface area contributed by atoms with Crippen LogP contribution in [0.3, 0.4) is 0 Å². The summed E-state index contributed by atoms with van der Waals surface area (Å²) in [6.45, 7) is 11.4. The number of likely N-dealkylation sites (N-methyl/N-ethyl adjacent to an activating group) is 1. The van der Waals surface area contributed by atoms with Gasteiger partial charge in [-0.25, -0.2) is 0 Å². The van der Waals surface area contributed by atoms with Crippen molar-refractivity contribution < 1.29 is 0 Å². The minimum absolute atomic E-state index is 0.272. The van der Waals surface area contributed by atoms with Crippen molar-refractivity contribution in [1.82, 2.24) is 14.7 Å². The summed E-state index contributed by atoms with van der Waals surface area (Å²) in [6.07, 6.45) is 0. The molecule has 1 saturated heterocycles. The zero-order chi connectivity index (χ0) is 12.1. The Labute approximate surface area is 100 Å². The molecule has 0 bridgehead atoms. The summed E-state index contributed by atoms with van der Waals surface area (Å²) in [6, 6.07) is 0.782. The fourth-order valence-electron chi connectivity index (χ4n) is 2.07. The van der Waals surface area contributed by atoms with Gasteiger partial charge in [0.15, 0.2) is 0 Å². The first kappa shape index (κ1) is 13.9. The smallest absolute Gasteiger partial charge is 0.0217 e. The van der Waals surface area contributed by atoms with Gasteiger partial charge in [-0.3, -0.25) is 9.80 Å². The second-order valence-corrected chi connectivity index (χ2v) is 5.28. The molecule has 0 aromatic carbocycles. The monoisotopic (exact) mass is 228 g/mol. The highest BCUT2D eigenvalue weighted by molar-refractivity contribution is 4.80. The van der Waals surface area contributed by atoms with E-state index in [0.29, 0.717) is 6.04 Å². The van der Waals surface area contributed by atoms with Crippen LogP contribution in [0.5, 0.6) is 0 Å². The maximum atomic E-state index is 5.94. The zero-order valence-electron chi connectivity index (χ0n) is 11.3. The zero-order valence-corrected chi connectivity index (χ0v) is 11.3. The minimum atomic E-state index is 0.272. The van der Waals surface area contributed by atoms with Crippen LogP contribution in [-0.2, 0) is 0 Å². The van der Waals surface area contributed by atoms with Crippen LogP contribution < -0.4 is 5.73 Å². The van der Waals surface area contributed by atoms with Gasteiger partial charge in [-0.1, -0.05) is 0 Å². The summed E-state index contributed by atoms with van der Waals surface area (Å²) in [5.74, 6) is 0. The van der Waals surface area contributed by atoms with Crippen molar-refractivity contribution in [3.63, 3.8) is 0 Å². The summed E-state index contributed by atoms with van der Waals surface area (Å²) in [7, 11) is 4.27. The number of hydrogen-bond acceptors (Lipinski definition) is 4. The second kappa shape index (κ2) is 6.55. The Kier molecular flexibility index (Phi) is 5.69. The van der Waals surface area contributed by atoms with E-state index < -0.39 is 0 Å². The Morgan fingerprint density at radius 1 is 1.12 bits per heavy atom. The number of hydrogen-bond donors (Lipinski definition) is 1. The highest BCUT2D eigenvalue weighted by atomic mass is 15.3. The molecule has 1 aliphatic rings. The molecule has 0 saturated carbocycles. The lowest BCUT2D eigenvalue weighted by Crippen LogP contribution is -2.54. The molecule has 1 rings (SSSR count).